The second-order valence-electron chi connectivity index (χ2n) is 5.66. The van der Waals surface area contributed by atoms with Crippen LogP contribution in [0.25, 0.3) is 0 Å². The predicted molar refractivity (Wildman–Crippen MR) is 99.3 cm³/mol. The summed E-state index contributed by atoms with van der Waals surface area (Å²) in [5.74, 6) is 1.35. The molecule has 7 heteroatoms. The molecule has 0 bridgehead atoms. The fourth-order valence-corrected chi connectivity index (χ4v) is 2.73. The maximum atomic E-state index is 12.3. The Balaban J connectivity index is 1.70. The van der Waals surface area contributed by atoms with E-state index in [1.165, 1.54) is 0 Å². The molecular weight excluding hydrogens is 356 g/mol. The molecule has 6 nitrogen and oxygen atoms in total. The fraction of sp³-hybridized carbons (Fsp3) is 0.263. The average molecular weight is 375 g/mol. The molecule has 1 amide bonds. The number of ether oxygens (including phenoxy) is 3. The number of rotatable bonds is 5. The number of halogens is 1. The van der Waals surface area contributed by atoms with Crippen molar-refractivity contribution in [3.63, 3.8) is 0 Å². The first-order valence-corrected chi connectivity index (χ1v) is 8.55. The van der Waals surface area contributed by atoms with E-state index < -0.39 is 6.10 Å². The monoisotopic (exact) mass is 374 g/mol. The normalized spacial score (nSPS) is 15.6. The molecule has 0 saturated carbocycles. The van der Waals surface area contributed by atoms with Gasteiger partial charge in [-0.2, -0.15) is 5.10 Å². The Morgan fingerprint density at radius 2 is 2.00 bits per heavy atom. The van der Waals surface area contributed by atoms with E-state index in [1.807, 2.05) is 18.2 Å². The van der Waals surface area contributed by atoms with Gasteiger partial charge in [-0.05, 0) is 31.2 Å². The number of methoxy groups -OCH3 is 1. The maximum absolute atomic E-state index is 12.3. The van der Waals surface area contributed by atoms with Crippen LogP contribution in [0.15, 0.2) is 47.6 Å². The zero-order valence-electron chi connectivity index (χ0n) is 14.5. The van der Waals surface area contributed by atoms with Crippen LogP contribution in [-0.2, 0) is 4.79 Å². The first-order chi connectivity index (χ1) is 12.6. The Bertz CT molecular complexity index is 838. The van der Waals surface area contributed by atoms with Gasteiger partial charge in [-0.1, -0.05) is 29.8 Å². The third-order valence-corrected chi connectivity index (χ3v) is 4.22. The van der Waals surface area contributed by atoms with Gasteiger partial charge < -0.3 is 14.2 Å². The van der Waals surface area contributed by atoms with Crippen LogP contribution in [0.4, 0.5) is 0 Å². The Morgan fingerprint density at radius 3 is 2.77 bits per heavy atom. The number of hydrogen-bond donors (Lipinski definition) is 1. The molecule has 0 aromatic heterocycles. The lowest BCUT2D eigenvalue weighted by Gasteiger charge is -2.21. The molecule has 1 unspecified atom stereocenters. The number of benzene rings is 2. The number of para-hydroxylation sites is 2. The molecule has 0 radical (unpaired) electrons. The summed E-state index contributed by atoms with van der Waals surface area (Å²) >= 11 is 6.05. The minimum absolute atomic E-state index is 0.367. The van der Waals surface area contributed by atoms with E-state index in [9.17, 15) is 4.79 Å². The summed E-state index contributed by atoms with van der Waals surface area (Å²) in [6, 6.07) is 12.5. The van der Waals surface area contributed by atoms with Gasteiger partial charge in [0.05, 0.1) is 24.5 Å². The molecule has 2 aromatic rings. The van der Waals surface area contributed by atoms with Gasteiger partial charge in [0.1, 0.15) is 5.75 Å². The van der Waals surface area contributed by atoms with Crippen LogP contribution >= 0.6 is 11.6 Å². The minimum atomic E-state index is -0.746. The number of amides is 1. The van der Waals surface area contributed by atoms with Crippen molar-refractivity contribution in [3.8, 4) is 17.2 Å². The molecule has 0 fully saturated rings. The van der Waals surface area contributed by atoms with Crippen molar-refractivity contribution in [2.75, 3.05) is 13.7 Å². The highest BCUT2D eigenvalue weighted by molar-refractivity contribution is 6.32. The highest BCUT2D eigenvalue weighted by Crippen LogP contribution is 2.34. The molecule has 3 rings (SSSR count). The van der Waals surface area contributed by atoms with Gasteiger partial charge in [-0.15, -0.1) is 0 Å². The van der Waals surface area contributed by atoms with Crippen LogP contribution in [0.3, 0.4) is 0 Å². The summed E-state index contributed by atoms with van der Waals surface area (Å²) in [7, 11) is 1.58. The lowest BCUT2D eigenvalue weighted by molar-refractivity contribution is -0.127. The average Bonchev–Trinajstić information content (AvgIpc) is 2.67. The minimum Gasteiger partial charge on any atom is -0.493 e. The first-order valence-electron chi connectivity index (χ1n) is 8.18. The second kappa shape index (κ2) is 8.10. The smallest absolute Gasteiger partial charge is 0.280 e. The van der Waals surface area contributed by atoms with Crippen molar-refractivity contribution in [1.29, 1.82) is 0 Å². The lowest BCUT2D eigenvalue weighted by atomic mass is 10.0. The van der Waals surface area contributed by atoms with E-state index in [1.54, 1.807) is 38.3 Å². The van der Waals surface area contributed by atoms with Gasteiger partial charge in [0.2, 0.25) is 0 Å². The summed E-state index contributed by atoms with van der Waals surface area (Å²) < 4.78 is 16.6. The van der Waals surface area contributed by atoms with Gasteiger partial charge in [-0.25, -0.2) is 5.43 Å². The molecule has 26 heavy (non-hydrogen) atoms. The Morgan fingerprint density at radius 1 is 1.23 bits per heavy atom. The van der Waals surface area contributed by atoms with Gasteiger partial charge in [0.25, 0.3) is 5.91 Å². The van der Waals surface area contributed by atoms with Crippen molar-refractivity contribution in [2.45, 2.75) is 19.4 Å². The summed E-state index contributed by atoms with van der Waals surface area (Å²) in [4.78, 5) is 12.3. The second-order valence-corrected chi connectivity index (χ2v) is 6.07. The summed E-state index contributed by atoms with van der Waals surface area (Å²) in [6.07, 6.45) is -0.163. The number of carbonyl (C=O) groups is 1. The van der Waals surface area contributed by atoms with E-state index >= 15 is 0 Å². The lowest BCUT2D eigenvalue weighted by Crippen LogP contribution is -2.34. The van der Waals surface area contributed by atoms with E-state index in [0.29, 0.717) is 35.3 Å². The molecule has 1 atom stereocenters. The summed E-state index contributed by atoms with van der Waals surface area (Å²) in [5, 5.41) is 4.70. The molecule has 0 spiro atoms. The van der Waals surface area contributed by atoms with Crippen molar-refractivity contribution in [2.24, 2.45) is 5.10 Å². The van der Waals surface area contributed by atoms with Gasteiger partial charge >= 0.3 is 0 Å². The molecule has 2 aromatic carbocycles. The SMILES string of the molecule is COc1cccc2c1OCC/C2=N\NC(=O)C(C)Oc1ccccc1Cl. The standard InChI is InChI=1S/C19H19ClN2O4/c1-12(26-16-8-4-3-7-14(16)20)19(23)22-21-15-10-11-25-18-13(15)6-5-9-17(18)24-2/h3-9,12H,10-11H2,1-2H3,(H,22,23)/b21-15+. The third-order valence-electron chi connectivity index (χ3n) is 3.91. The molecule has 0 saturated heterocycles. The molecule has 1 aliphatic heterocycles. The number of hydrogen-bond acceptors (Lipinski definition) is 5. The number of nitrogens with one attached hydrogen (secondary N) is 1. The van der Waals surface area contributed by atoms with Crippen LogP contribution in [0, 0.1) is 0 Å². The van der Waals surface area contributed by atoms with Crippen LogP contribution in [0.1, 0.15) is 18.9 Å². The first kappa shape index (κ1) is 18.1. The predicted octanol–water partition coefficient (Wildman–Crippen LogP) is 3.42. The zero-order chi connectivity index (χ0) is 18.5. The van der Waals surface area contributed by atoms with E-state index in [4.69, 9.17) is 25.8 Å². The number of carbonyl (C=O) groups excluding carboxylic acids is 1. The Kier molecular flexibility index (Phi) is 5.63. The molecule has 1 aliphatic rings. The van der Waals surface area contributed by atoms with E-state index in [-0.39, 0.29) is 5.91 Å². The molecule has 0 aliphatic carbocycles. The summed E-state index contributed by atoms with van der Waals surface area (Å²) in [6.45, 7) is 2.10. The van der Waals surface area contributed by atoms with Crippen molar-refractivity contribution in [1.82, 2.24) is 5.43 Å². The van der Waals surface area contributed by atoms with Crippen LogP contribution in [-0.4, -0.2) is 31.4 Å². The third kappa shape index (κ3) is 3.91. The molecule has 1 N–H and O–H groups in total. The Hall–Kier alpha value is -2.73. The molecule has 1 heterocycles. The fourth-order valence-electron chi connectivity index (χ4n) is 2.55. The van der Waals surface area contributed by atoms with Crippen LogP contribution < -0.4 is 19.6 Å². The quantitative estimate of drug-likeness (QED) is 0.814. The van der Waals surface area contributed by atoms with E-state index in [2.05, 4.69) is 10.5 Å². The van der Waals surface area contributed by atoms with Crippen molar-refractivity contribution >= 4 is 23.2 Å². The largest absolute Gasteiger partial charge is 0.493 e. The van der Waals surface area contributed by atoms with Crippen LogP contribution in [0.2, 0.25) is 5.02 Å². The van der Waals surface area contributed by atoms with Gasteiger partial charge in [0.15, 0.2) is 17.6 Å². The Labute approximate surface area is 156 Å². The number of nitrogens with zero attached hydrogens (tertiary/aromatic N) is 1. The molecular formula is C19H19ClN2O4. The van der Waals surface area contributed by atoms with Crippen LogP contribution in [0.5, 0.6) is 17.2 Å². The number of fused-ring (bicyclic) bond motifs is 1. The zero-order valence-corrected chi connectivity index (χ0v) is 15.2. The van der Waals surface area contributed by atoms with Crippen molar-refractivity contribution < 1.29 is 19.0 Å². The number of hydrazone groups is 1. The molecule has 136 valence electrons. The van der Waals surface area contributed by atoms with Crippen molar-refractivity contribution in [3.05, 3.63) is 53.1 Å². The van der Waals surface area contributed by atoms with Gasteiger partial charge in [0, 0.05) is 12.0 Å². The highest BCUT2D eigenvalue weighted by atomic mass is 35.5. The maximum Gasteiger partial charge on any atom is 0.280 e. The topological polar surface area (TPSA) is 69.2 Å². The van der Waals surface area contributed by atoms with Gasteiger partial charge in [-0.3, -0.25) is 4.79 Å². The highest BCUT2D eigenvalue weighted by Gasteiger charge is 2.22. The van der Waals surface area contributed by atoms with E-state index in [0.717, 1.165) is 11.3 Å². The summed E-state index contributed by atoms with van der Waals surface area (Å²) in [5.41, 5.74) is 4.08.